The predicted octanol–water partition coefficient (Wildman–Crippen LogP) is 5.56. The molecule has 1 saturated heterocycles. The van der Waals surface area contributed by atoms with Gasteiger partial charge in [0, 0.05) is 42.3 Å². The zero-order chi connectivity index (χ0) is 26.8. The summed E-state index contributed by atoms with van der Waals surface area (Å²) in [6, 6.07) is 22.3. The number of thiocarbonyl (C=S) groups is 1. The van der Waals surface area contributed by atoms with Crippen LogP contribution in [-0.2, 0) is 9.53 Å². The minimum atomic E-state index is -0.193. The highest BCUT2D eigenvalue weighted by atomic mass is 32.1. The summed E-state index contributed by atoms with van der Waals surface area (Å²) in [6.45, 7) is 6.23. The largest absolute Gasteiger partial charge is 0.375 e. The highest BCUT2D eigenvalue weighted by Gasteiger charge is 2.42. The van der Waals surface area contributed by atoms with Gasteiger partial charge in [0.25, 0.3) is 0 Å². The quantitative estimate of drug-likeness (QED) is 0.308. The summed E-state index contributed by atoms with van der Waals surface area (Å²) in [7, 11) is 1.50. The third kappa shape index (κ3) is 4.92. The minimum Gasteiger partial charge on any atom is -0.375 e. The van der Waals surface area contributed by atoms with Gasteiger partial charge in [0.2, 0.25) is 5.91 Å². The maximum atomic E-state index is 12.1. The second-order valence-corrected chi connectivity index (χ2v) is 9.94. The number of amides is 1. The number of nitrogens with one attached hydrogen (secondary N) is 2. The van der Waals surface area contributed by atoms with E-state index in [1.807, 2.05) is 49.5 Å². The molecule has 0 saturated carbocycles. The zero-order valence-corrected chi connectivity index (χ0v) is 22.8. The number of aromatic nitrogens is 2. The predicted molar refractivity (Wildman–Crippen MR) is 155 cm³/mol. The van der Waals surface area contributed by atoms with Crippen molar-refractivity contribution in [1.82, 2.24) is 14.9 Å². The summed E-state index contributed by atoms with van der Waals surface area (Å²) in [6.07, 6.45) is 3.90. The summed E-state index contributed by atoms with van der Waals surface area (Å²) in [5.41, 5.74) is 8.19. The molecule has 8 heteroatoms. The second-order valence-electron chi connectivity index (χ2n) is 9.55. The number of methoxy groups -OCH3 is 1. The number of carbonyl (C=O) groups excluding carboxylic acids is 1. The molecule has 0 aliphatic carbocycles. The average Bonchev–Trinajstić information content (AvgIpc) is 3.52. The first kappa shape index (κ1) is 25.6. The monoisotopic (exact) mass is 525 g/mol. The summed E-state index contributed by atoms with van der Waals surface area (Å²) < 4.78 is 7.18. The van der Waals surface area contributed by atoms with Crippen LogP contribution in [-0.4, -0.2) is 34.3 Å². The first-order valence-corrected chi connectivity index (χ1v) is 12.9. The first-order chi connectivity index (χ1) is 18.4. The van der Waals surface area contributed by atoms with Crippen LogP contribution in [0.3, 0.4) is 0 Å². The molecule has 0 spiro atoms. The Balaban J connectivity index is 1.59. The van der Waals surface area contributed by atoms with Crippen LogP contribution in [0.4, 0.5) is 11.4 Å². The molecule has 1 amide bonds. The topological polar surface area (TPSA) is 71.4 Å². The maximum absolute atomic E-state index is 12.1. The molecule has 3 heterocycles. The van der Waals surface area contributed by atoms with Crippen LogP contribution < -0.4 is 15.5 Å². The van der Waals surface area contributed by atoms with E-state index < -0.39 is 0 Å². The summed E-state index contributed by atoms with van der Waals surface area (Å²) in [5.74, 6) is -0.193. The average molecular weight is 526 g/mol. The summed E-state index contributed by atoms with van der Waals surface area (Å²) in [5, 5.41) is 7.06. The molecule has 0 unspecified atom stereocenters. The Bertz CT molecular complexity index is 1480. The molecule has 2 atom stereocenters. The molecule has 5 rings (SSSR count). The number of carbonyl (C=O) groups is 1. The molecule has 4 aromatic rings. The molecule has 1 aliphatic rings. The van der Waals surface area contributed by atoms with Crippen molar-refractivity contribution in [3.63, 3.8) is 0 Å². The number of benzene rings is 2. The lowest BCUT2D eigenvalue weighted by molar-refractivity contribution is -0.119. The van der Waals surface area contributed by atoms with Crippen LogP contribution in [0.25, 0.3) is 5.69 Å². The Morgan fingerprint density at radius 3 is 2.50 bits per heavy atom. The van der Waals surface area contributed by atoms with E-state index in [-0.39, 0.29) is 24.6 Å². The summed E-state index contributed by atoms with van der Waals surface area (Å²) in [4.78, 5) is 18.9. The van der Waals surface area contributed by atoms with E-state index in [0.29, 0.717) is 5.11 Å². The van der Waals surface area contributed by atoms with Gasteiger partial charge >= 0.3 is 0 Å². The van der Waals surface area contributed by atoms with Gasteiger partial charge in [-0.25, -0.2) is 0 Å². The van der Waals surface area contributed by atoms with Gasteiger partial charge in [-0.3, -0.25) is 9.78 Å². The van der Waals surface area contributed by atoms with Crippen molar-refractivity contribution >= 4 is 34.6 Å². The second kappa shape index (κ2) is 10.8. The van der Waals surface area contributed by atoms with Crippen LogP contribution in [0.15, 0.2) is 79.1 Å². The Hall–Kier alpha value is -4.01. The number of hydrogen-bond donors (Lipinski definition) is 2. The number of ether oxygens (including phenoxy) is 1. The molecule has 0 bridgehead atoms. The van der Waals surface area contributed by atoms with Gasteiger partial charge in [-0.15, -0.1) is 0 Å². The highest BCUT2D eigenvalue weighted by Crippen LogP contribution is 2.43. The van der Waals surface area contributed by atoms with Gasteiger partial charge in [-0.1, -0.05) is 12.1 Å². The van der Waals surface area contributed by atoms with Crippen molar-refractivity contribution in [2.75, 3.05) is 23.9 Å². The molecule has 0 radical (unpaired) electrons. The van der Waals surface area contributed by atoms with E-state index >= 15 is 0 Å². The fraction of sp³-hybridized carbons (Fsp3) is 0.233. The number of rotatable bonds is 7. The minimum absolute atomic E-state index is 0.00459. The van der Waals surface area contributed by atoms with Crippen molar-refractivity contribution in [2.24, 2.45) is 0 Å². The maximum Gasteiger partial charge on any atom is 0.250 e. The van der Waals surface area contributed by atoms with Gasteiger partial charge in [0.05, 0.1) is 11.7 Å². The molecule has 1 fully saturated rings. The van der Waals surface area contributed by atoms with E-state index in [9.17, 15) is 4.79 Å². The Morgan fingerprint density at radius 1 is 1.00 bits per heavy atom. The van der Waals surface area contributed by atoms with Crippen LogP contribution >= 0.6 is 12.2 Å². The lowest BCUT2D eigenvalue weighted by Gasteiger charge is -2.29. The third-order valence-corrected chi connectivity index (χ3v) is 7.30. The van der Waals surface area contributed by atoms with E-state index in [4.69, 9.17) is 17.0 Å². The van der Waals surface area contributed by atoms with Crippen molar-refractivity contribution < 1.29 is 9.53 Å². The van der Waals surface area contributed by atoms with E-state index in [1.165, 1.54) is 18.2 Å². The van der Waals surface area contributed by atoms with Crippen molar-refractivity contribution in [1.29, 1.82) is 0 Å². The SMILES string of the molecule is COCC(=O)Nc1ccc(N2C(=S)N[C@@H](c3ccccn3)[C@@H]2c2cccn2-c2ccc(C)c(C)c2)cc1C. The highest BCUT2D eigenvalue weighted by molar-refractivity contribution is 7.80. The van der Waals surface area contributed by atoms with Crippen LogP contribution in [0.2, 0.25) is 0 Å². The normalized spacial score (nSPS) is 16.9. The molecule has 2 aromatic carbocycles. The molecule has 1 aliphatic heterocycles. The van der Waals surface area contributed by atoms with Gasteiger partial charge in [0.15, 0.2) is 5.11 Å². The lowest BCUT2D eigenvalue weighted by Crippen LogP contribution is -2.30. The molecular weight excluding hydrogens is 494 g/mol. The number of pyridine rings is 1. The Morgan fingerprint density at radius 2 is 1.79 bits per heavy atom. The Kier molecular flexibility index (Phi) is 7.26. The lowest BCUT2D eigenvalue weighted by atomic mass is 10.00. The van der Waals surface area contributed by atoms with Crippen molar-refractivity contribution in [3.05, 3.63) is 107 Å². The zero-order valence-electron chi connectivity index (χ0n) is 21.9. The van der Waals surface area contributed by atoms with E-state index in [2.05, 4.69) is 75.5 Å². The van der Waals surface area contributed by atoms with Gasteiger partial charge in [-0.05, 0) is 104 Å². The summed E-state index contributed by atoms with van der Waals surface area (Å²) >= 11 is 5.92. The molecule has 38 heavy (non-hydrogen) atoms. The van der Waals surface area contributed by atoms with Gasteiger partial charge in [-0.2, -0.15) is 0 Å². The Labute approximate surface area is 228 Å². The molecule has 2 aromatic heterocycles. The molecular formula is C30H31N5O2S. The fourth-order valence-electron chi connectivity index (χ4n) is 4.93. The molecule has 2 N–H and O–H groups in total. The molecule has 7 nitrogen and oxygen atoms in total. The van der Waals surface area contributed by atoms with Crippen LogP contribution in [0, 0.1) is 20.8 Å². The number of hydrogen-bond acceptors (Lipinski definition) is 4. The van der Waals surface area contributed by atoms with E-state index in [0.717, 1.165) is 34.0 Å². The van der Waals surface area contributed by atoms with Crippen LogP contribution in [0.5, 0.6) is 0 Å². The fourth-order valence-corrected chi connectivity index (χ4v) is 5.28. The van der Waals surface area contributed by atoms with Crippen molar-refractivity contribution in [2.45, 2.75) is 32.9 Å². The number of anilines is 2. The number of aryl methyl sites for hydroxylation is 3. The van der Waals surface area contributed by atoms with Gasteiger partial charge in [0.1, 0.15) is 12.6 Å². The first-order valence-electron chi connectivity index (χ1n) is 12.5. The molecule has 194 valence electrons. The smallest absolute Gasteiger partial charge is 0.250 e. The van der Waals surface area contributed by atoms with Gasteiger partial charge < -0.3 is 24.8 Å². The van der Waals surface area contributed by atoms with Crippen LogP contribution in [0.1, 0.15) is 40.2 Å². The third-order valence-electron chi connectivity index (χ3n) is 6.99. The number of nitrogens with zero attached hydrogens (tertiary/aromatic N) is 3. The van der Waals surface area contributed by atoms with E-state index in [1.54, 1.807) is 0 Å². The standard InChI is InChI=1S/C30H31N5O2S/c1-19-10-11-22(16-20(19)2)34-15-7-9-26(34)29-28(25-8-5-6-14-31-25)33-30(38)35(29)23-12-13-24(21(3)17-23)32-27(36)18-37-4/h5-17,28-29H,18H2,1-4H3,(H,32,36)(H,33,38)/t28-,29-/m0/s1. The van der Waals surface area contributed by atoms with Crippen molar-refractivity contribution in [3.8, 4) is 5.69 Å².